The van der Waals surface area contributed by atoms with Gasteiger partial charge in [0, 0.05) is 25.2 Å². The zero-order chi connectivity index (χ0) is 24.5. The summed E-state index contributed by atoms with van der Waals surface area (Å²) in [4.78, 5) is 44.5. The lowest BCUT2D eigenvalue weighted by Crippen LogP contribution is -2.58. The van der Waals surface area contributed by atoms with Crippen molar-refractivity contribution >= 4 is 17.8 Å². The molecule has 4 heterocycles. The molecule has 2 fully saturated rings. The number of carbonyl (C=O) groups is 3. The SMILES string of the molecule is CC(C)(C)N1CC=C[C@]23O[C@@H]4/C=C\CCCOC(=O)[C@@H]4[C@H]2C(=O)N(CCCCCCO)C3C1=O. The van der Waals surface area contributed by atoms with Crippen molar-refractivity contribution in [2.45, 2.75) is 82.6 Å². The fourth-order valence-corrected chi connectivity index (χ4v) is 5.84. The number of hydrogen-bond donors (Lipinski definition) is 1. The second-order valence-corrected chi connectivity index (χ2v) is 10.8. The first-order valence-electron chi connectivity index (χ1n) is 12.6. The molecule has 4 aliphatic rings. The van der Waals surface area contributed by atoms with Crippen molar-refractivity contribution in [3.05, 3.63) is 24.3 Å². The third-order valence-corrected chi connectivity index (χ3v) is 7.47. The summed E-state index contributed by atoms with van der Waals surface area (Å²) in [5, 5.41) is 9.06. The lowest BCUT2D eigenvalue weighted by molar-refractivity contribution is -0.155. The first-order valence-corrected chi connectivity index (χ1v) is 12.6. The maximum absolute atomic E-state index is 14.0. The van der Waals surface area contributed by atoms with Crippen molar-refractivity contribution in [3.8, 4) is 0 Å². The van der Waals surface area contributed by atoms with E-state index in [9.17, 15) is 14.4 Å². The number of amides is 2. The number of rotatable bonds is 6. The Kier molecular flexibility index (Phi) is 7.20. The van der Waals surface area contributed by atoms with Gasteiger partial charge < -0.3 is 24.4 Å². The van der Waals surface area contributed by atoms with Gasteiger partial charge in [0.15, 0.2) is 0 Å². The molecule has 0 saturated carbocycles. The first-order chi connectivity index (χ1) is 16.2. The number of aliphatic hydroxyl groups is 1. The largest absolute Gasteiger partial charge is 0.465 e. The molecule has 5 atom stereocenters. The highest BCUT2D eigenvalue weighted by atomic mass is 16.6. The molecule has 1 unspecified atom stereocenters. The Morgan fingerprint density at radius 1 is 1.09 bits per heavy atom. The van der Waals surface area contributed by atoms with Crippen LogP contribution in [0.15, 0.2) is 24.3 Å². The number of aliphatic hydroxyl groups excluding tert-OH is 1. The van der Waals surface area contributed by atoms with Crippen molar-refractivity contribution in [1.29, 1.82) is 0 Å². The van der Waals surface area contributed by atoms with Crippen LogP contribution in [-0.4, -0.2) is 82.3 Å². The number of cyclic esters (lactones) is 1. The van der Waals surface area contributed by atoms with Crippen LogP contribution in [0.25, 0.3) is 0 Å². The number of carbonyl (C=O) groups excluding carboxylic acids is 3. The molecule has 0 aliphatic carbocycles. The number of allylic oxidation sites excluding steroid dienone is 1. The van der Waals surface area contributed by atoms with Crippen LogP contribution in [0.4, 0.5) is 0 Å². The van der Waals surface area contributed by atoms with Gasteiger partial charge >= 0.3 is 5.97 Å². The molecule has 0 aromatic heterocycles. The van der Waals surface area contributed by atoms with E-state index in [1.54, 1.807) is 9.80 Å². The summed E-state index contributed by atoms with van der Waals surface area (Å²) in [5.74, 6) is -2.35. The molecule has 1 spiro atoms. The number of unbranched alkanes of at least 4 members (excludes halogenated alkanes) is 3. The van der Waals surface area contributed by atoms with E-state index in [-0.39, 0.29) is 18.4 Å². The van der Waals surface area contributed by atoms with E-state index >= 15 is 0 Å². The van der Waals surface area contributed by atoms with E-state index in [0.29, 0.717) is 26.1 Å². The van der Waals surface area contributed by atoms with Crippen molar-refractivity contribution in [3.63, 3.8) is 0 Å². The standard InChI is InChI=1S/C26H38N2O6/c1-25(2,3)28-15-11-13-26-20(19-18(34-26)12-7-6-10-17-33-24(19)32)22(30)27(21(26)23(28)31)14-8-4-5-9-16-29/h7,11-13,18-21,29H,4-6,8-10,14-17H2,1-3H3/b12-7-/t18-,19+,20+,21?,26+/m1/s1. The highest BCUT2D eigenvalue weighted by molar-refractivity contribution is 5.99. The zero-order valence-electron chi connectivity index (χ0n) is 20.6. The van der Waals surface area contributed by atoms with Crippen molar-refractivity contribution in [2.75, 3.05) is 26.3 Å². The minimum absolute atomic E-state index is 0.146. The Bertz CT molecular complexity index is 862. The van der Waals surface area contributed by atoms with Gasteiger partial charge in [0.2, 0.25) is 11.8 Å². The summed E-state index contributed by atoms with van der Waals surface area (Å²) in [7, 11) is 0. The molecule has 0 aromatic carbocycles. The highest BCUT2D eigenvalue weighted by Gasteiger charge is 2.71. The lowest BCUT2D eigenvalue weighted by Gasteiger charge is -2.40. The number of likely N-dealkylation sites (tertiary alicyclic amines) is 1. The Morgan fingerprint density at radius 2 is 1.85 bits per heavy atom. The second kappa shape index (κ2) is 9.82. The normalized spacial score (nSPS) is 34.5. The van der Waals surface area contributed by atoms with Gasteiger partial charge in [-0.3, -0.25) is 14.4 Å². The van der Waals surface area contributed by atoms with Gasteiger partial charge in [0.25, 0.3) is 0 Å². The van der Waals surface area contributed by atoms with E-state index in [1.165, 1.54) is 0 Å². The average Bonchev–Trinajstić information content (AvgIpc) is 3.17. The fraction of sp³-hybridized carbons (Fsp3) is 0.731. The summed E-state index contributed by atoms with van der Waals surface area (Å²) in [5.41, 5.74) is -1.63. The average molecular weight is 475 g/mol. The van der Waals surface area contributed by atoms with E-state index in [1.807, 2.05) is 45.1 Å². The number of nitrogens with zero attached hydrogens (tertiary/aromatic N) is 2. The minimum atomic E-state index is -1.20. The van der Waals surface area contributed by atoms with Crippen molar-refractivity contribution in [1.82, 2.24) is 9.80 Å². The molecule has 188 valence electrons. The molecule has 1 N–H and O–H groups in total. The Labute approximate surface area is 201 Å². The van der Waals surface area contributed by atoms with Gasteiger partial charge in [-0.1, -0.05) is 37.1 Å². The molecule has 2 saturated heterocycles. The smallest absolute Gasteiger partial charge is 0.312 e. The van der Waals surface area contributed by atoms with Gasteiger partial charge in [-0.15, -0.1) is 0 Å². The van der Waals surface area contributed by atoms with Crippen LogP contribution in [0.3, 0.4) is 0 Å². The van der Waals surface area contributed by atoms with Gasteiger partial charge in [0.05, 0.1) is 18.6 Å². The summed E-state index contributed by atoms with van der Waals surface area (Å²) >= 11 is 0. The summed E-state index contributed by atoms with van der Waals surface area (Å²) in [6.45, 7) is 7.24. The number of fused-ring (bicyclic) bond motifs is 2. The molecule has 0 radical (unpaired) electrons. The van der Waals surface area contributed by atoms with Crippen LogP contribution >= 0.6 is 0 Å². The number of ether oxygens (including phenoxy) is 2. The number of hydrogen-bond acceptors (Lipinski definition) is 6. The zero-order valence-corrected chi connectivity index (χ0v) is 20.6. The van der Waals surface area contributed by atoms with Gasteiger partial charge in [-0.25, -0.2) is 0 Å². The predicted octanol–water partition coefficient (Wildman–Crippen LogP) is 2.21. The van der Waals surface area contributed by atoms with Crippen LogP contribution in [0.2, 0.25) is 0 Å². The maximum atomic E-state index is 14.0. The van der Waals surface area contributed by atoms with Gasteiger partial charge in [0.1, 0.15) is 17.6 Å². The molecular formula is C26H38N2O6. The van der Waals surface area contributed by atoms with E-state index in [0.717, 1.165) is 32.1 Å². The molecule has 0 aromatic rings. The quantitative estimate of drug-likeness (QED) is 0.360. The Balaban J connectivity index is 1.73. The summed E-state index contributed by atoms with van der Waals surface area (Å²) in [6, 6.07) is -0.822. The van der Waals surface area contributed by atoms with Crippen LogP contribution in [0.5, 0.6) is 0 Å². The van der Waals surface area contributed by atoms with Crippen LogP contribution in [0.1, 0.15) is 59.3 Å². The molecule has 2 amide bonds. The molecule has 4 aliphatic heterocycles. The van der Waals surface area contributed by atoms with E-state index < -0.39 is 41.1 Å². The molecule has 4 rings (SSSR count). The lowest BCUT2D eigenvalue weighted by atomic mass is 9.78. The molecular weight excluding hydrogens is 436 g/mol. The predicted molar refractivity (Wildman–Crippen MR) is 126 cm³/mol. The minimum Gasteiger partial charge on any atom is -0.465 e. The first kappa shape index (κ1) is 24.9. The number of esters is 1. The van der Waals surface area contributed by atoms with Gasteiger partial charge in [-0.2, -0.15) is 0 Å². The fourth-order valence-electron chi connectivity index (χ4n) is 5.84. The summed E-state index contributed by atoms with van der Waals surface area (Å²) < 4.78 is 12.1. The van der Waals surface area contributed by atoms with Crippen LogP contribution in [0, 0.1) is 11.8 Å². The third kappa shape index (κ3) is 4.31. The molecule has 8 nitrogen and oxygen atoms in total. The topological polar surface area (TPSA) is 96.4 Å². The van der Waals surface area contributed by atoms with Crippen LogP contribution < -0.4 is 0 Å². The summed E-state index contributed by atoms with van der Waals surface area (Å²) in [6.07, 6.45) is 11.7. The Hall–Kier alpha value is -2.19. The van der Waals surface area contributed by atoms with Gasteiger partial charge in [-0.05, 0) is 46.5 Å². The highest BCUT2D eigenvalue weighted by Crippen LogP contribution is 2.53. The van der Waals surface area contributed by atoms with E-state index in [4.69, 9.17) is 14.6 Å². The Morgan fingerprint density at radius 3 is 2.59 bits per heavy atom. The third-order valence-electron chi connectivity index (χ3n) is 7.47. The van der Waals surface area contributed by atoms with Crippen molar-refractivity contribution in [2.24, 2.45) is 11.8 Å². The second-order valence-electron chi connectivity index (χ2n) is 10.8. The molecule has 0 bridgehead atoms. The molecule has 8 heteroatoms. The van der Waals surface area contributed by atoms with Crippen molar-refractivity contribution < 1.29 is 29.0 Å². The van der Waals surface area contributed by atoms with Crippen LogP contribution in [-0.2, 0) is 23.9 Å². The molecule has 34 heavy (non-hydrogen) atoms. The maximum Gasteiger partial charge on any atom is 0.312 e. The monoisotopic (exact) mass is 474 g/mol. The van der Waals surface area contributed by atoms with E-state index in [2.05, 4.69) is 0 Å².